The zero-order chi connectivity index (χ0) is 19.3. The predicted molar refractivity (Wildman–Crippen MR) is 137 cm³/mol. The molecule has 0 aliphatic rings. The fourth-order valence-electron chi connectivity index (χ4n) is 4.53. The Hall–Kier alpha value is -1.11. The number of benzene rings is 2. The van der Waals surface area contributed by atoms with Crippen molar-refractivity contribution < 1.29 is 0 Å². The quantitative estimate of drug-likeness (QED) is 0.483. The van der Waals surface area contributed by atoms with Gasteiger partial charge in [0.2, 0.25) is 0 Å². The van der Waals surface area contributed by atoms with Gasteiger partial charge in [0, 0.05) is 0 Å². The van der Waals surface area contributed by atoms with Crippen molar-refractivity contribution in [2.75, 3.05) is 0 Å². The van der Waals surface area contributed by atoms with E-state index in [0.717, 1.165) is 6.42 Å². The van der Waals surface area contributed by atoms with Crippen LogP contribution in [0.15, 0.2) is 6.07 Å². The van der Waals surface area contributed by atoms with Crippen LogP contribution in [-0.2, 0) is 11.8 Å². The van der Waals surface area contributed by atoms with E-state index in [-0.39, 0.29) is 5.41 Å². The van der Waals surface area contributed by atoms with E-state index in [1.807, 2.05) is 0 Å². The van der Waals surface area contributed by atoms with Gasteiger partial charge in [-0.3, -0.25) is 0 Å². The molecule has 2 aromatic carbocycles. The summed E-state index contributed by atoms with van der Waals surface area (Å²) in [7, 11) is 16.0. The first-order chi connectivity index (χ1) is 11.4. The minimum atomic E-state index is 0.125. The molecule has 0 saturated heterocycles. The van der Waals surface area contributed by atoms with Crippen molar-refractivity contribution in [3.05, 3.63) is 17.2 Å². The highest BCUT2D eigenvalue weighted by molar-refractivity contribution is 6.64. The molecule has 0 aliphatic carbocycles. The molecular formula is C18H29B7. The van der Waals surface area contributed by atoms with E-state index in [2.05, 4.69) is 88.7 Å². The van der Waals surface area contributed by atoms with Crippen LogP contribution in [0.5, 0.6) is 0 Å². The van der Waals surface area contributed by atoms with Gasteiger partial charge in [0.25, 0.3) is 0 Å². The lowest BCUT2D eigenvalue weighted by Crippen LogP contribution is -2.52. The van der Waals surface area contributed by atoms with Crippen molar-refractivity contribution in [3.8, 4) is 11.1 Å². The number of rotatable bonds is 2. The number of hydrogen-bond donors (Lipinski definition) is 0. The third kappa shape index (κ3) is 3.32. The fraction of sp³-hybridized carbons (Fsp3) is 0.333. The van der Waals surface area contributed by atoms with Crippen molar-refractivity contribution in [2.24, 2.45) is 0 Å². The maximum Gasteiger partial charge on any atom is 0.139 e. The molecule has 0 unspecified atom stereocenters. The molecule has 0 atom stereocenters. The summed E-state index contributed by atoms with van der Waals surface area (Å²) in [5.41, 5.74) is 16.2. The van der Waals surface area contributed by atoms with Crippen LogP contribution >= 0.6 is 0 Å². The third-order valence-electron chi connectivity index (χ3n) is 6.32. The van der Waals surface area contributed by atoms with Crippen LogP contribution in [-0.4, -0.2) is 54.9 Å². The van der Waals surface area contributed by atoms with Crippen molar-refractivity contribution in [3.63, 3.8) is 0 Å². The molecule has 0 bridgehead atoms. The second kappa shape index (κ2) is 6.90. The lowest BCUT2D eigenvalue weighted by Gasteiger charge is -2.32. The minimum Gasteiger partial charge on any atom is -0.102 e. The molecule has 0 nitrogen and oxygen atoms in total. The van der Waals surface area contributed by atoms with Crippen LogP contribution < -0.4 is 38.2 Å². The summed E-state index contributed by atoms with van der Waals surface area (Å²) < 4.78 is 0. The third-order valence-corrected chi connectivity index (χ3v) is 6.32. The van der Waals surface area contributed by atoms with Gasteiger partial charge >= 0.3 is 0 Å². The molecule has 0 N–H and O–H groups in total. The largest absolute Gasteiger partial charge is 0.139 e. The summed E-state index contributed by atoms with van der Waals surface area (Å²) in [4.78, 5) is 0. The molecule has 122 valence electrons. The Morgan fingerprint density at radius 1 is 0.720 bits per heavy atom. The lowest BCUT2D eigenvalue weighted by atomic mass is 9.58. The van der Waals surface area contributed by atoms with Crippen molar-refractivity contribution in [1.29, 1.82) is 0 Å². The second-order valence-electron chi connectivity index (χ2n) is 8.82. The zero-order valence-electron chi connectivity index (χ0n) is 18.3. The highest BCUT2D eigenvalue weighted by Gasteiger charge is 2.26. The van der Waals surface area contributed by atoms with Gasteiger partial charge in [-0.05, 0) is 28.5 Å². The van der Waals surface area contributed by atoms with E-state index in [1.54, 1.807) is 0 Å². The van der Waals surface area contributed by atoms with Crippen LogP contribution in [0.4, 0.5) is 0 Å². The van der Waals surface area contributed by atoms with E-state index in [9.17, 15) is 0 Å². The molecule has 25 heavy (non-hydrogen) atoms. The molecule has 0 amide bonds. The topological polar surface area (TPSA) is 0 Å². The van der Waals surface area contributed by atoms with Gasteiger partial charge in [-0.15, -0.1) is 10.9 Å². The molecule has 0 spiro atoms. The van der Waals surface area contributed by atoms with Gasteiger partial charge in [-0.2, -0.15) is 0 Å². The molecule has 0 aromatic heterocycles. The Balaban J connectivity index is 3.04. The molecule has 0 heterocycles. The minimum absolute atomic E-state index is 0.125. The van der Waals surface area contributed by atoms with Crippen LogP contribution in [0.3, 0.4) is 0 Å². The van der Waals surface area contributed by atoms with Gasteiger partial charge in [0.15, 0.2) is 0 Å². The Labute approximate surface area is 161 Å². The molecular weight excluding hydrogens is 292 g/mol. The second-order valence-corrected chi connectivity index (χ2v) is 8.82. The summed E-state index contributed by atoms with van der Waals surface area (Å²) in [5, 5.41) is 0. The van der Waals surface area contributed by atoms with E-state index in [4.69, 9.17) is 0 Å². The van der Waals surface area contributed by atoms with Gasteiger partial charge in [-0.25, -0.2) is 0 Å². The summed E-state index contributed by atoms with van der Waals surface area (Å²) in [6.45, 7) is 9.31. The van der Waals surface area contributed by atoms with Gasteiger partial charge in [0.05, 0.1) is 0 Å². The Morgan fingerprint density at radius 2 is 1.24 bits per heavy atom. The van der Waals surface area contributed by atoms with E-state index in [0.29, 0.717) is 0 Å². The fourth-order valence-corrected chi connectivity index (χ4v) is 4.53. The van der Waals surface area contributed by atoms with Gasteiger partial charge in [0.1, 0.15) is 54.9 Å². The molecule has 7 heteroatoms. The van der Waals surface area contributed by atoms with Crippen LogP contribution in [0.25, 0.3) is 11.1 Å². The van der Waals surface area contributed by atoms with Crippen LogP contribution in [0.1, 0.15) is 38.8 Å². The normalized spacial score (nSPS) is 11.7. The Morgan fingerprint density at radius 3 is 1.72 bits per heavy atom. The van der Waals surface area contributed by atoms with E-state index >= 15 is 0 Å². The van der Waals surface area contributed by atoms with Crippen LogP contribution in [0, 0.1) is 0 Å². The predicted octanol–water partition coefficient (Wildman–Crippen LogP) is -6.98. The highest BCUT2D eigenvalue weighted by Crippen LogP contribution is 2.28. The Kier molecular flexibility index (Phi) is 5.57. The summed E-state index contributed by atoms with van der Waals surface area (Å²) in [5.74, 6) is 0. The van der Waals surface area contributed by atoms with Crippen LogP contribution in [0.2, 0.25) is 0 Å². The monoisotopic (exact) mass is 322 g/mol. The SMILES string of the molecule is Bc1cc(-c2c(B)c(B)c(B)c(B)c2C(C)(C)C)c(B)c(B)c1CC. The van der Waals surface area contributed by atoms with Crippen molar-refractivity contribution in [1.82, 2.24) is 0 Å². The van der Waals surface area contributed by atoms with Gasteiger partial charge in [-0.1, -0.05) is 66.6 Å². The average Bonchev–Trinajstić information content (AvgIpc) is 2.51. The van der Waals surface area contributed by atoms with Gasteiger partial charge < -0.3 is 0 Å². The summed E-state index contributed by atoms with van der Waals surface area (Å²) >= 11 is 0. The first-order valence-corrected chi connectivity index (χ1v) is 9.64. The number of hydrogen-bond acceptors (Lipinski definition) is 0. The smallest absolute Gasteiger partial charge is 0.102 e. The van der Waals surface area contributed by atoms with E-state index < -0.39 is 0 Å². The molecule has 0 radical (unpaired) electrons. The molecule has 0 aliphatic heterocycles. The molecule has 2 aromatic rings. The first-order valence-electron chi connectivity index (χ1n) is 9.64. The molecule has 2 rings (SSSR count). The first kappa shape index (κ1) is 20.2. The maximum atomic E-state index is 2.44. The van der Waals surface area contributed by atoms with Crippen molar-refractivity contribution in [2.45, 2.75) is 39.5 Å². The standard InChI is InChI=1S/C18H29B7/c1-5-7-9(19)6-8(13(21)12(7)20)10-11(18(2,3)4)15(23)17(25)16(24)14(10)22/h6H,5,19-25H2,1-4H3. The average molecular weight is 321 g/mol. The Bertz CT molecular complexity index is 848. The highest BCUT2D eigenvalue weighted by atomic mass is 14.3. The van der Waals surface area contributed by atoms with E-state index in [1.165, 1.54) is 60.5 Å². The molecule has 0 saturated carbocycles. The summed E-state index contributed by atoms with van der Waals surface area (Å²) in [6, 6.07) is 2.44. The van der Waals surface area contributed by atoms with Crippen molar-refractivity contribution >= 4 is 93.2 Å². The molecule has 0 fully saturated rings. The lowest BCUT2D eigenvalue weighted by molar-refractivity contribution is 0.596. The zero-order valence-corrected chi connectivity index (χ0v) is 18.3. The summed E-state index contributed by atoms with van der Waals surface area (Å²) in [6.07, 6.45) is 1.11. The maximum absolute atomic E-state index is 2.44.